The van der Waals surface area contributed by atoms with E-state index in [9.17, 15) is 4.39 Å². The van der Waals surface area contributed by atoms with E-state index in [1.807, 2.05) is 30.3 Å². The first-order valence-corrected chi connectivity index (χ1v) is 12.0. The zero-order valence-corrected chi connectivity index (χ0v) is 19.6. The predicted octanol–water partition coefficient (Wildman–Crippen LogP) is 4.55. The number of benzene rings is 3. The largest absolute Gasteiger partial charge is 0.385 e. The van der Waals surface area contributed by atoms with Crippen molar-refractivity contribution in [1.29, 1.82) is 0 Å². The van der Waals surface area contributed by atoms with Crippen molar-refractivity contribution in [2.24, 2.45) is 10.7 Å². The fourth-order valence-electron chi connectivity index (χ4n) is 5.31. The fourth-order valence-corrected chi connectivity index (χ4v) is 5.31. The van der Waals surface area contributed by atoms with Crippen molar-refractivity contribution in [2.75, 3.05) is 31.1 Å². The topological polar surface area (TPSA) is 85.6 Å². The van der Waals surface area contributed by atoms with E-state index in [2.05, 4.69) is 50.4 Å². The molecule has 3 heterocycles. The Hall–Kier alpha value is -3.75. The molecule has 6 rings (SSSR count). The summed E-state index contributed by atoms with van der Waals surface area (Å²) in [4.78, 5) is 9.54. The smallest absolute Gasteiger partial charge is 0.163 e. The average molecular weight is 470 g/mol. The van der Waals surface area contributed by atoms with Gasteiger partial charge in [0.25, 0.3) is 0 Å². The van der Waals surface area contributed by atoms with Crippen molar-refractivity contribution in [3.63, 3.8) is 0 Å². The molecule has 35 heavy (non-hydrogen) atoms. The summed E-state index contributed by atoms with van der Waals surface area (Å²) in [6.07, 6.45) is 0. The Bertz CT molecular complexity index is 1390. The Kier molecular flexibility index (Phi) is 5.47. The minimum absolute atomic E-state index is 0.170. The van der Waals surface area contributed by atoms with Gasteiger partial charge in [-0.15, -0.1) is 0 Å². The van der Waals surface area contributed by atoms with Crippen LogP contribution in [0.3, 0.4) is 0 Å². The molecule has 8 heteroatoms. The average Bonchev–Trinajstić information content (AvgIpc) is 3.30. The number of H-pyrrole nitrogens is 1. The van der Waals surface area contributed by atoms with Crippen LogP contribution in [0, 0.1) is 5.82 Å². The molecule has 2 aliphatic rings. The Morgan fingerprint density at radius 2 is 1.83 bits per heavy atom. The van der Waals surface area contributed by atoms with Crippen LogP contribution in [-0.4, -0.2) is 47.1 Å². The first-order valence-electron chi connectivity index (χ1n) is 12.0. The number of hydrogen-bond acceptors (Lipinski definition) is 6. The van der Waals surface area contributed by atoms with Crippen molar-refractivity contribution in [1.82, 2.24) is 20.4 Å². The molecule has 0 amide bonds. The van der Waals surface area contributed by atoms with Gasteiger partial charge in [0.15, 0.2) is 5.82 Å². The quantitative estimate of drug-likeness (QED) is 0.408. The molecule has 0 spiro atoms. The van der Waals surface area contributed by atoms with Gasteiger partial charge in [-0.05, 0) is 42.3 Å². The first kappa shape index (κ1) is 21.8. The summed E-state index contributed by atoms with van der Waals surface area (Å²) in [5.41, 5.74) is 11.3. The van der Waals surface area contributed by atoms with Crippen LogP contribution in [0.15, 0.2) is 71.7 Å². The number of aliphatic imine (C=N–C) groups is 1. The van der Waals surface area contributed by atoms with Gasteiger partial charge in [0, 0.05) is 37.6 Å². The lowest BCUT2D eigenvalue weighted by Gasteiger charge is -2.40. The third kappa shape index (κ3) is 3.75. The number of aromatic amines is 1. The maximum absolute atomic E-state index is 14.0. The van der Waals surface area contributed by atoms with Gasteiger partial charge >= 0.3 is 0 Å². The molecule has 3 aromatic carbocycles. The highest BCUT2D eigenvalue weighted by Crippen LogP contribution is 2.49. The van der Waals surface area contributed by atoms with Gasteiger partial charge in [-0.3, -0.25) is 10.00 Å². The van der Waals surface area contributed by atoms with E-state index < -0.39 is 0 Å². The van der Waals surface area contributed by atoms with Crippen LogP contribution in [0.2, 0.25) is 0 Å². The predicted molar refractivity (Wildman–Crippen MR) is 138 cm³/mol. The zero-order valence-electron chi connectivity index (χ0n) is 19.6. The van der Waals surface area contributed by atoms with Crippen molar-refractivity contribution in [3.05, 3.63) is 83.7 Å². The second-order valence-corrected chi connectivity index (χ2v) is 9.13. The van der Waals surface area contributed by atoms with Crippen LogP contribution in [0.1, 0.15) is 30.1 Å². The maximum atomic E-state index is 14.0. The summed E-state index contributed by atoms with van der Waals surface area (Å²) in [6, 6.07) is 20.9. The van der Waals surface area contributed by atoms with E-state index in [1.165, 1.54) is 17.7 Å². The summed E-state index contributed by atoms with van der Waals surface area (Å²) >= 11 is 0. The second-order valence-electron chi connectivity index (χ2n) is 9.13. The monoisotopic (exact) mass is 469 g/mol. The summed E-state index contributed by atoms with van der Waals surface area (Å²) in [6.45, 7) is 6.13. The number of anilines is 2. The molecular formula is C27H28FN7. The van der Waals surface area contributed by atoms with E-state index in [0.29, 0.717) is 17.2 Å². The molecule has 1 aromatic heterocycles. The van der Waals surface area contributed by atoms with Crippen LogP contribution in [0.5, 0.6) is 0 Å². The number of nitrogens with one attached hydrogen (secondary N) is 2. The van der Waals surface area contributed by atoms with Crippen LogP contribution in [-0.2, 0) is 0 Å². The van der Waals surface area contributed by atoms with Gasteiger partial charge in [0.1, 0.15) is 17.7 Å². The van der Waals surface area contributed by atoms with Crippen molar-refractivity contribution >= 4 is 33.9 Å². The van der Waals surface area contributed by atoms with Crippen molar-refractivity contribution < 1.29 is 4.39 Å². The summed E-state index contributed by atoms with van der Waals surface area (Å²) < 4.78 is 14.0. The van der Waals surface area contributed by atoms with Gasteiger partial charge in [0.2, 0.25) is 0 Å². The number of fused-ring (bicyclic) bond motifs is 2. The number of hydrogen-bond donors (Lipinski definition) is 3. The van der Waals surface area contributed by atoms with Crippen LogP contribution < -0.4 is 16.0 Å². The fraction of sp³-hybridized carbons (Fsp3) is 0.259. The molecule has 0 aliphatic carbocycles. The molecular weight excluding hydrogens is 441 g/mol. The lowest BCUT2D eigenvalue weighted by molar-refractivity contribution is 0.186. The molecule has 4 aromatic rings. The number of halogens is 1. The first-order chi connectivity index (χ1) is 17.1. The highest BCUT2D eigenvalue weighted by Gasteiger charge is 2.37. The molecule has 2 aliphatic heterocycles. The number of para-hydroxylation sites is 1. The van der Waals surface area contributed by atoms with E-state index >= 15 is 0 Å². The van der Waals surface area contributed by atoms with Gasteiger partial charge in [-0.2, -0.15) is 5.10 Å². The highest BCUT2D eigenvalue weighted by atomic mass is 19.1. The number of nitrogens with two attached hydrogens (primary N) is 1. The van der Waals surface area contributed by atoms with Crippen LogP contribution >= 0.6 is 0 Å². The van der Waals surface area contributed by atoms with E-state index in [1.54, 1.807) is 6.07 Å². The SMILES string of the molecule is CC(c1cccc2c1N(c1n[nH]c3cc(F)ccc13)C(c1ccccc1)C(N)=N2)N1CCNCC1. The van der Waals surface area contributed by atoms with Gasteiger partial charge in [-0.1, -0.05) is 42.5 Å². The van der Waals surface area contributed by atoms with Gasteiger partial charge < -0.3 is 16.0 Å². The third-order valence-electron chi connectivity index (χ3n) is 7.07. The molecule has 2 unspecified atom stereocenters. The van der Waals surface area contributed by atoms with Crippen molar-refractivity contribution in [3.8, 4) is 0 Å². The van der Waals surface area contributed by atoms with Gasteiger partial charge in [-0.25, -0.2) is 9.38 Å². The molecule has 1 saturated heterocycles. The van der Waals surface area contributed by atoms with Crippen molar-refractivity contribution in [2.45, 2.75) is 19.0 Å². The Balaban J connectivity index is 1.58. The van der Waals surface area contributed by atoms with E-state index in [0.717, 1.165) is 48.5 Å². The van der Waals surface area contributed by atoms with Crippen LogP contribution in [0.4, 0.5) is 21.6 Å². The lowest BCUT2D eigenvalue weighted by atomic mass is 9.95. The molecule has 0 bridgehead atoms. The summed E-state index contributed by atoms with van der Waals surface area (Å²) in [5.74, 6) is 0.891. The highest BCUT2D eigenvalue weighted by molar-refractivity contribution is 6.03. The number of rotatable bonds is 4. The summed E-state index contributed by atoms with van der Waals surface area (Å²) in [5, 5.41) is 12.0. The molecule has 0 saturated carbocycles. The van der Waals surface area contributed by atoms with Crippen LogP contribution in [0.25, 0.3) is 10.9 Å². The molecule has 4 N–H and O–H groups in total. The van der Waals surface area contributed by atoms with E-state index in [-0.39, 0.29) is 17.9 Å². The lowest BCUT2D eigenvalue weighted by Crippen LogP contribution is -2.45. The molecule has 1 fully saturated rings. The minimum atomic E-state index is -0.350. The van der Waals surface area contributed by atoms with E-state index in [4.69, 9.17) is 10.7 Å². The number of aromatic nitrogens is 2. The normalized spacial score (nSPS) is 19.4. The Labute approximate surface area is 203 Å². The number of amidine groups is 1. The Morgan fingerprint density at radius 1 is 1.03 bits per heavy atom. The second kappa shape index (κ2) is 8.79. The zero-order chi connectivity index (χ0) is 23.9. The number of piperazine rings is 1. The molecule has 7 nitrogen and oxygen atoms in total. The standard InChI is InChI=1S/C27H28FN7/c1-17(34-14-12-30-13-15-34)20-8-5-9-22-25(20)35(24(26(29)31-22)18-6-3-2-4-7-18)27-21-11-10-19(28)16-23(21)32-33-27/h2-11,16-17,24,30H,12-15H2,1H3,(H2,29,31)(H,32,33). The Morgan fingerprint density at radius 3 is 2.63 bits per heavy atom. The number of nitrogens with zero attached hydrogens (tertiary/aromatic N) is 4. The molecule has 178 valence electrons. The van der Waals surface area contributed by atoms with Gasteiger partial charge in [0.05, 0.1) is 16.9 Å². The third-order valence-corrected chi connectivity index (χ3v) is 7.07. The summed E-state index contributed by atoms with van der Waals surface area (Å²) in [7, 11) is 0. The molecule has 0 radical (unpaired) electrons. The minimum Gasteiger partial charge on any atom is -0.385 e. The molecule has 2 atom stereocenters. The maximum Gasteiger partial charge on any atom is 0.163 e.